The van der Waals surface area contributed by atoms with Gasteiger partial charge in [-0.3, -0.25) is 4.55 Å². The Balaban J connectivity index is 2.53. The molecule has 0 amide bonds. The smallest absolute Gasteiger partial charge is 0.282 e. The Bertz CT molecular complexity index is 740. The third kappa shape index (κ3) is 3.14. The highest BCUT2D eigenvalue weighted by Gasteiger charge is 2.19. The first-order valence-corrected chi connectivity index (χ1v) is 7.02. The maximum absolute atomic E-state index is 11.1. The lowest BCUT2D eigenvalue weighted by molar-refractivity contribution is 0.395. The summed E-state index contributed by atoms with van der Waals surface area (Å²) in [5, 5.41) is 0. The van der Waals surface area contributed by atoms with Crippen molar-refractivity contribution in [3.05, 3.63) is 30.6 Å². The zero-order chi connectivity index (χ0) is 15.0. The van der Waals surface area contributed by atoms with Crippen LogP contribution in [0.4, 0.5) is 5.95 Å². The van der Waals surface area contributed by atoms with Crippen molar-refractivity contribution in [2.24, 2.45) is 5.84 Å². The lowest BCUT2D eigenvalue weighted by Gasteiger charge is -2.18. The van der Waals surface area contributed by atoms with Gasteiger partial charge in [0, 0.05) is 5.56 Å². The molecule has 9 heteroatoms. The molecule has 106 valence electrons. The molecule has 1 aromatic heterocycles. The molecule has 0 saturated carbocycles. The molecule has 0 aliphatic heterocycles. The van der Waals surface area contributed by atoms with Crippen LogP contribution in [0.3, 0.4) is 0 Å². The average Bonchev–Trinajstić information content (AvgIpc) is 2.37. The van der Waals surface area contributed by atoms with Gasteiger partial charge in [0.05, 0.1) is 19.0 Å². The van der Waals surface area contributed by atoms with Crippen LogP contribution in [0.15, 0.2) is 35.5 Å². The van der Waals surface area contributed by atoms with Gasteiger partial charge in [0.1, 0.15) is 6.33 Å². The zero-order valence-electron chi connectivity index (χ0n) is 10.9. The molecule has 1 heterocycles. The van der Waals surface area contributed by atoms with Gasteiger partial charge in [-0.1, -0.05) is 12.1 Å². The van der Waals surface area contributed by atoms with E-state index in [-0.39, 0.29) is 15.3 Å². The summed E-state index contributed by atoms with van der Waals surface area (Å²) in [7, 11) is -0.895. The standard InChI is InChI=1S/C11H13N5O3S/c1-16(2,12)11-14-7-13-10(15-11)8-4-3-5-9(6-8)20(17,18)19/h3-7H,12H2,1-2H3/p+1. The minimum Gasteiger partial charge on any atom is -0.282 e. The Morgan fingerprint density at radius 2 is 1.95 bits per heavy atom. The number of aromatic nitrogens is 3. The largest absolute Gasteiger partial charge is 0.351 e. The summed E-state index contributed by atoms with van der Waals surface area (Å²) in [6.45, 7) is 0. The number of hydrogen-bond donors (Lipinski definition) is 2. The summed E-state index contributed by atoms with van der Waals surface area (Å²) >= 11 is 0. The Morgan fingerprint density at radius 3 is 2.55 bits per heavy atom. The van der Waals surface area contributed by atoms with Crippen LogP contribution in [0, 0.1) is 0 Å². The third-order valence-electron chi connectivity index (χ3n) is 2.46. The fraction of sp³-hybridized carbons (Fsp3) is 0.182. The van der Waals surface area contributed by atoms with Crippen LogP contribution < -0.4 is 10.4 Å². The maximum atomic E-state index is 11.1. The van der Waals surface area contributed by atoms with Crippen molar-refractivity contribution in [3.63, 3.8) is 0 Å². The van der Waals surface area contributed by atoms with E-state index in [4.69, 9.17) is 10.4 Å². The molecule has 1 aromatic carbocycles. The molecule has 0 fully saturated rings. The molecular weight excluding hydrogens is 282 g/mol. The SMILES string of the molecule is C[N+](C)(N)c1ncnc(-c2cccc(S(=O)(=O)O)c2)n1. The van der Waals surface area contributed by atoms with Crippen molar-refractivity contribution in [1.82, 2.24) is 19.5 Å². The number of rotatable bonds is 3. The zero-order valence-corrected chi connectivity index (χ0v) is 11.7. The fourth-order valence-corrected chi connectivity index (χ4v) is 2.03. The van der Waals surface area contributed by atoms with Crippen molar-refractivity contribution in [3.8, 4) is 11.4 Å². The second-order valence-corrected chi connectivity index (χ2v) is 6.07. The van der Waals surface area contributed by atoms with E-state index >= 15 is 0 Å². The van der Waals surface area contributed by atoms with Gasteiger partial charge in [0.25, 0.3) is 10.1 Å². The van der Waals surface area contributed by atoms with Crippen molar-refractivity contribution < 1.29 is 13.0 Å². The summed E-state index contributed by atoms with van der Waals surface area (Å²) in [6.07, 6.45) is 1.30. The van der Waals surface area contributed by atoms with E-state index in [9.17, 15) is 8.42 Å². The van der Waals surface area contributed by atoms with Gasteiger partial charge in [0.15, 0.2) is 5.82 Å². The van der Waals surface area contributed by atoms with Crippen molar-refractivity contribution >= 4 is 16.1 Å². The summed E-state index contributed by atoms with van der Waals surface area (Å²) in [4.78, 5) is 11.9. The van der Waals surface area contributed by atoms with E-state index < -0.39 is 10.1 Å². The highest BCUT2D eigenvalue weighted by Crippen LogP contribution is 2.20. The third-order valence-corrected chi connectivity index (χ3v) is 3.31. The number of hydrogen-bond acceptors (Lipinski definition) is 6. The van der Waals surface area contributed by atoms with Gasteiger partial charge >= 0.3 is 5.95 Å². The van der Waals surface area contributed by atoms with E-state index in [2.05, 4.69) is 15.0 Å². The van der Waals surface area contributed by atoms with E-state index in [1.807, 2.05) is 0 Å². The molecular formula is C11H14N5O3S+. The van der Waals surface area contributed by atoms with Crippen LogP contribution >= 0.6 is 0 Å². The highest BCUT2D eigenvalue weighted by molar-refractivity contribution is 7.85. The quantitative estimate of drug-likeness (QED) is 0.360. The fourth-order valence-electron chi connectivity index (χ4n) is 1.50. The van der Waals surface area contributed by atoms with Crippen LogP contribution in [0.25, 0.3) is 11.4 Å². The van der Waals surface area contributed by atoms with Crippen molar-refractivity contribution in [2.45, 2.75) is 4.90 Å². The van der Waals surface area contributed by atoms with Gasteiger partial charge in [-0.2, -0.15) is 28.8 Å². The first kappa shape index (κ1) is 14.5. The highest BCUT2D eigenvalue weighted by atomic mass is 32.2. The number of nitrogens with two attached hydrogens (primary N) is 1. The molecule has 0 aliphatic rings. The van der Waals surface area contributed by atoms with Gasteiger partial charge in [-0.15, -0.1) is 0 Å². The van der Waals surface area contributed by atoms with Crippen molar-refractivity contribution in [2.75, 3.05) is 14.1 Å². The Morgan fingerprint density at radius 1 is 1.25 bits per heavy atom. The number of quaternary nitrogens is 1. The molecule has 0 radical (unpaired) electrons. The van der Waals surface area contributed by atoms with Crippen LogP contribution in [0.5, 0.6) is 0 Å². The molecule has 0 aliphatic carbocycles. The molecule has 20 heavy (non-hydrogen) atoms. The average molecular weight is 296 g/mol. The Labute approximate surface area is 116 Å². The van der Waals surface area contributed by atoms with Crippen LogP contribution in [0.2, 0.25) is 0 Å². The second kappa shape index (κ2) is 4.87. The van der Waals surface area contributed by atoms with Gasteiger partial charge in [0.2, 0.25) is 0 Å². The first-order chi connectivity index (χ1) is 9.18. The molecule has 0 spiro atoms. The van der Waals surface area contributed by atoms with Crippen LogP contribution in [0.1, 0.15) is 0 Å². The van der Waals surface area contributed by atoms with E-state index in [0.717, 1.165) is 0 Å². The summed E-state index contributed by atoms with van der Waals surface area (Å²) < 4.78 is 31.2. The van der Waals surface area contributed by atoms with Crippen molar-refractivity contribution in [1.29, 1.82) is 0 Å². The molecule has 2 rings (SSSR count). The van der Waals surface area contributed by atoms with E-state index in [1.165, 1.54) is 24.5 Å². The predicted octanol–water partition coefficient (Wildman–Crippen LogP) is 0.226. The van der Waals surface area contributed by atoms with Gasteiger partial charge in [-0.25, -0.2) is 4.98 Å². The molecule has 3 N–H and O–H groups in total. The monoisotopic (exact) mass is 296 g/mol. The lowest BCUT2D eigenvalue weighted by atomic mass is 10.2. The maximum Gasteiger partial charge on any atom is 0.351 e. The van der Waals surface area contributed by atoms with E-state index in [0.29, 0.717) is 11.5 Å². The van der Waals surface area contributed by atoms with E-state index in [1.54, 1.807) is 20.2 Å². The predicted molar refractivity (Wildman–Crippen MR) is 72.9 cm³/mol. The Kier molecular flexibility index (Phi) is 3.52. The minimum absolute atomic E-state index is 0.0898. The van der Waals surface area contributed by atoms with Crippen LogP contribution in [-0.4, -0.2) is 42.0 Å². The number of benzene rings is 1. The van der Waals surface area contributed by atoms with Crippen LogP contribution in [-0.2, 0) is 10.1 Å². The molecule has 0 unspecified atom stereocenters. The molecule has 2 aromatic rings. The van der Waals surface area contributed by atoms with Gasteiger partial charge in [-0.05, 0) is 12.1 Å². The topological polar surface area (TPSA) is 119 Å². The minimum atomic E-state index is -4.27. The summed E-state index contributed by atoms with van der Waals surface area (Å²) in [5.41, 5.74) is 0.442. The molecule has 8 nitrogen and oxygen atoms in total. The normalized spacial score (nSPS) is 12.4. The molecule has 0 atom stereocenters. The second-order valence-electron chi connectivity index (χ2n) is 4.65. The number of nitrogens with zero attached hydrogens (tertiary/aromatic N) is 4. The Hall–Kier alpha value is -1.94. The molecule has 0 saturated heterocycles. The molecule has 0 bridgehead atoms. The van der Waals surface area contributed by atoms with Gasteiger partial charge < -0.3 is 0 Å². The first-order valence-electron chi connectivity index (χ1n) is 5.58. The lowest BCUT2D eigenvalue weighted by Crippen LogP contribution is -2.49. The summed E-state index contributed by atoms with van der Waals surface area (Å²) in [6, 6.07) is 5.68. The summed E-state index contributed by atoms with van der Waals surface area (Å²) in [5.74, 6) is 6.45.